The molecule has 0 aliphatic rings. The Morgan fingerprint density at radius 2 is 1.77 bits per heavy atom. The zero-order valence-electron chi connectivity index (χ0n) is 9.10. The average Bonchev–Trinajstić information content (AvgIpc) is 2.14. The topological polar surface area (TPSA) is 32.3 Å². The van der Waals surface area contributed by atoms with Crippen molar-refractivity contribution >= 4 is 5.91 Å². The Balaban J connectivity index is 3.48. The molecule has 1 amide bonds. The summed E-state index contributed by atoms with van der Waals surface area (Å²) in [5.41, 5.74) is 0. The van der Waals surface area contributed by atoms with Gasteiger partial charge >= 0.3 is 0 Å². The second kappa shape index (κ2) is 8.05. The molecule has 0 aliphatic carbocycles. The molecule has 0 fully saturated rings. The molecule has 0 heterocycles. The van der Waals surface area contributed by atoms with Crippen LogP contribution in [0.15, 0.2) is 0 Å². The lowest BCUT2D eigenvalue weighted by atomic mass is 10.3. The lowest BCUT2D eigenvalue weighted by Gasteiger charge is -2.18. The van der Waals surface area contributed by atoms with Crippen LogP contribution >= 0.6 is 0 Å². The predicted molar refractivity (Wildman–Crippen MR) is 55.7 cm³/mol. The number of carbonyl (C=O) groups is 1. The van der Waals surface area contributed by atoms with Crippen molar-refractivity contribution in [2.45, 2.75) is 33.6 Å². The molecule has 0 unspecified atom stereocenters. The second-order valence-corrected chi connectivity index (χ2v) is 3.07. The molecule has 0 rings (SSSR count). The maximum atomic E-state index is 11.5. The quantitative estimate of drug-likeness (QED) is 0.607. The van der Waals surface area contributed by atoms with Crippen LogP contribution in [0, 0.1) is 0 Å². The van der Waals surface area contributed by atoms with Gasteiger partial charge in [0.25, 0.3) is 0 Å². The SMILES string of the molecule is CCCNCCC(=O)N(CC)CC. The highest BCUT2D eigenvalue weighted by molar-refractivity contribution is 5.76. The molecular formula is C10H22N2O. The summed E-state index contributed by atoms with van der Waals surface area (Å²) in [6.45, 7) is 9.61. The van der Waals surface area contributed by atoms with Gasteiger partial charge in [0.05, 0.1) is 0 Å². The summed E-state index contributed by atoms with van der Waals surface area (Å²) < 4.78 is 0. The van der Waals surface area contributed by atoms with E-state index in [9.17, 15) is 4.79 Å². The largest absolute Gasteiger partial charge is 0.343 e. The lowest BCUT2D eigenvalue weighted by Crippen LogP contribution is -2.32. The molecule has 78 valence electrons. The minimum absolute atomic E-state index is 0.258. The molecule has 0 aromatic carbocycles. The molecule has 3 heteroatoms. The van der Waals surface area contributed by atoms with Crippen LogP contribution in [0.4, 0.5) is 0 Å². The Labute approximate surface area is 81.5 Å². The molecule has 0 saturated heterocycles. The van der Waals surface area contributed by atoms with Crippen molar-refractivity contribution in [3.8, 4) is 0 Å². The van der Waals surface area contributed by atoms with Crippen molar-refractivity contribution in [3.63, 3.8) is 0 Å². The highest BCUT2D eigenvalue weighted by Crippen LogP contribution is 1.92. The molecule has 0 atom stereocenters. The number of hydrogen-bond donors (Lipinski definition) is 1. The van der Waals surface area contributed by atoms with E-state index in [2.05, 4.69) is 12.2 Å². The van der Waals surface area contributed by atoms with Crippen molar-refractivity contribution in [3.05, 3.63) is 0 Å². The van der Waals surface area contributed by atoms with Crippen molar-refractivity contribution < 1.29 is 4.79 Å². The van der Waals surface area contributed by atoms with Gasteiger partial charge in [-0.3, -0.25) is 4.79 Å². The maximum absolute atomic E-state index is 11.5. The molecule has 0 bridgehead atoms. The van der Waals surface area contributed by atoms with Crippen molar-refractivity contribution in [1.82, 2.24) is 10.2 Å². The summed E-state index contributed by atoms with van der Waals surface area (Å²) in [4.78, 5) is 13.3. The molecule has 1 N–H and O–H groups in total. The van der Waals surface area contributed by atoms with Gasteiger partial charge in [-0.15, -0.1) is 0 Å². The summed E-state index contributed by atoms with van der Waals surface area (Å²) in [6, 6.07) is 0. The van der Waals surface area contributed by atoms with Crippen LogP contribution in [0.2, 0.25) is 0 Å². The summed E-state index contributed by atoms with van der Waals surface area (Å²) in [6.07, 6.45) is 1.75. The van der Waals surface area contributed by atoms with E-state index in [0.717, 1.165) is 32.6 Å². The molecule has 3 nitrogen and oxygen atoms in total. The molecule has 0 aromatic heterocycles. The second-order valence-electron chi connectivity index (χ2n) is 3.07. The van der Waals surface area contributed by atoms with Crippen LogP contribution in [-0.4, -0.2) is 37.0 Å². The fourth-order valence-electron chi connectivity index (χ4n) is 1.23. The minimum atomic E-state index is 0.258. The van der Waals surface area contributed by atoms with Crippen LogP contribution < -0.4 is 5.32 Å². The average molecular weight is 186 g/mol. The monoisotopic (exact) mass is 186 g/mol. The van der Waals surface area contributed by atoms with E-state index in [4.69, 9.17) is 0 Å². The van der Waals surface area contributed by atoms with Crippen LogP contribution in [0.3, 0.4) is 0 Å². The number of carbonyl (C=O) groups excluding carboxylic acids is 1. The van der Waals surface area contributed by atoms with Crippen LogP contribution in [0.1, 0.15) is 33.6 Å². The van der Waals surface area contributed by atoms with Gasteiger partial charge in [0.15, 0.2) is 0 Å². The van der Waals surface area contributed by atoms with Crippen molar-refractivity contribution in [2.75, 3.05) is 26.2 Å². The van der Waals surface area contributed by atoms with Crippen LogP contribution in [-0.2, 0) is 4.79 Å². The normalized spacial score (nSPS) is 10.1. The predicted octanol–water partition coefficient (Wildman–Crippen LogP) is 1.24. The molecule has 0 aromatic rings. The van der Waals surface area contributed by atoms with Crippen molar-refractivity contribution in [1.29, 1.82) is 0 Å². The minimum Gasteiger partial charge on any atom is -0.343 e. The van der Waals surface area contributed by atoms with E-state index in [1.54, 1.807) is 0 Å². The number of hydrogen-bond acceptors (Lipinski definition) is 2. The van der Waals surface area contributed by atoms with Gasteiger partial charge in [0.1, 0.15) is 0 Å². The van der Waals surface area contributed by atoms with E-state index in [1.807, 2.05) is 18.7 Å². The van der Waals surface area contributed by atoms with Crippen molar-refractivity contribution in [2.24, 2.45) is 0 Å². The Morgan fingerprint density at radius 1 is 1.15 bits per heavy atom. The van der Waals surface area contributed by atoms with Gasteiger partial charge in [0.2, 0.25) is 5.91 Å². The standard InChI is InChI=1S/C10H22N2O/c1-4-8-11-9-7-10(13)12(5-2)6-3/h11H,4-9H2,1-3H3. The number of rotatable bonds is 7. The van der Waals surface area contributed by atoms with Gasteiger partial charge in [-0.1, -0.05) is 6.92 Å². The lowest BCUT2D eigenvalue weighted by molar-refractivity contribution is -0.130. The molecule has 13 heavy (non-hydrogen) atoms. The third-order valence-corrected chi connectivity index (χ3v) is 2.06. The third kappa shape index (κ3) is 5.64. The fraction of sp³-hybridized carbons (Fsp3) is 0.900. The van der Waals surface area contributed by atoms with Gasteiger partial charge in [-0.2, -0.15) is 0 Å². The number of nitrogens with zero attached hydrogens (tertiary/aromatic N) is 1. The highest BCUT2D eigenvalue weighted by Gasteiger charge is 2.07. The Kier molecular flexibility index (Phi) is 7.69. The molecule has 0 aliphatic heterocycles. The van der Waals surface area contributed by atoms with Gasteiger partial charge in [-0.25, -0.2) is 0 Å². The first-order chi connectivity index (χ1) is 6.26. The summed E-state index contributed by atoms with van der Waals surface area (Å²) in [5, 5.41) is 3.22. The Hall–Kier alpha value is -0.570. The zero-order chi connectivity index (χ0) is 10.1. The molecule has 0 radical (unpaired) electrons. The van der Waals surface area contributed by atoms with E-state index >= 15 is 0 Å². The first-order valence-electron chi connectivity index (χ1n) is 5.24. The summed E-state index contributed by atoms with van der Waals surface area (Å²) in [7, 11) is 0. The van der Waals surface area contributed by atoms with Crippen LogP contribution in [0.25, 0.3) is 0 Å². The Morgan fingerprint density at radius 3 is 2.23 bits per heavy atom. The molecular weight excluding hydrogens is 164 g/mol. The first-order valence-corrected chi connectivity index (χ1v) is 5.24. The Bertz CT molecular complexity index is 133. The van der Waals surface area contributed by atoms with Gasteiger partial charge in [0, 0.05) is 26.1 Å². The summed E-state index contributed by atoms with van der Waals surface area (Å²) in [5.74, 6) is 0.258. The van der Waals surface area contributed by atoms with Gasteiger partial charge in [-0.05, 0) is 26.8 Å². The van der Waals surface area contributed by atoms with Crippen LogP contribution in [0.5, 0.6) is 0 Å². The molecule has 0 saturated carbocycles. The fourth-order valence-corrected chi connectivity index (χ4v) is 1.23. The first kappa shape index (κ1) is 12.4. The van der Waals surface area contributed by atoms with Gasteiger partial charge < -0.3 is 10.2 Å². The third-order valence-electron chi connectivity index (χ3n) is 2.06. The highest BCUT2D eigenvalue weighted by atomic mass is 16.2. The zero-order valence-corrected chi connectivity index (χ0v) is 9.10. The van der Waals surface area contributed by atoms with E-state index in [0.29, 0.717) is 6.42 Å². The smallest absolute Gasteiger partial charge is 0.223 e. The number of amides is 1. The van der Waals surface area contributed by atoms with E-state index in [-0.39, 0.29) is 5.91 Å². The van der Waals surface area contributed by atoms with E-state index < -0.39 is 0 Å². The number of nitrogens with one attached hydrogen (secondary N) is 1. The molecule has 0 spiro atoms. The summed E-state index contributed by atoms with van der Waals surface area (Å²) >= 11 is 0. The maximum Gasteiger partial charge on any atom is 0.223 e. The van der Waals surface area contributed by atoms with E-state index in [1.165, 1.54) is 0 Å².